The zero-order valence-electron chi connectivity index (χ0n) is 14.4. The number of likely N-dealkylation sites (tertiary alicyclic amines) is 1. The van der Waals surface area contributed by atoms with E-state index in [1.54, 1.807) is 7.11 Å². The van der Waals surface area contributed by atoms with Gasteiger partial charge in [0.05, 0.1) is 18.7 Å². The van der Waals surface area contributed by atoms with Gasteiger partial charge in [0.25, 0.3) is 0 Å². The third-order valence-electron chi connectivity index (χ3n) is 4.95. The fraction of sp³-hybridized carbons (Fsp3) is 0.350. The van der Waals surface area contributed by atoms with E-state index in [0.717, 1.165) is 43.7 Å². The van der Waals surface area contributed by atoms with E-state index in [1.807, 2.05) is 47.0 Å². The van der Waals surface area contributed by atoms with Crippen molar-refractivity contribution in [3.63, 3.8) is 0 Å². The SMILES string of the molecule is COc1ccccc1CN1CCCC(n2c(=O)oc3ccccc32)C1. The number of hydrogen-bond donors (Lipinski definition) is 0. The third-order valence-corrected chi connectivity index (χ3v) is 4.95. The predicted molar refractivity (Wildman–Crippen MR) is 97.0 cm³/mol. The van der Waals surface area contributed by atoms with Crippen molar-refractivity contribution in [2.24, 2.45) is 0 Å². The van der Waals surface area contributed by atoms with E-state index in [1.165, 1.54) is 5.56 Å². The minimum atomic E-state index is -0.259. The monoisotopic (exact) mass is 338 g/mol. The molecule has 1 unspecified atom stereocenters. The molecule has 0 N–H and O–H groups in total. The highest BCUT2D eigenvalue weighted by Crippen LogP contribution is 2.27. The van der Waals surface area contributed by atoms with Crippen LogP contribution in [0.3, 0.4) is 0 Å². The zero-order valence-corrected chi connectivity index (χ0v) is 14.4. The molecule has 0 amide bonds. The fourth-order valence-electron chi connectivity index (χ4n) is 3.79. The molecule has 3 aromatic rings. The largest absolute Gasteiger partial charge is 0.496 e. The maximum absolute atomic E-state index is 12.4. The smallest absolute Gasteiger partial charge is 0.420 e. The first-order valence-electron chi connectivity index (χ1n) is 8.70. The van der Waals surface area contributed by atoms with Crippen LogP contribution in [0.2, 0.25) is 0 Å². The van der Waals surface area contributed by atoms with Gasteiger partial charge in [-0.05, 0) is 37.6 Å². The number of oxazole rings is 1. The third kappa shape index (κ3) is 3.07. The Labute approximate surface area is 146 Å². The van der Waals surface area contributed by atoms with Gasteiger partial charge >= 0.3 is 5.76 Å². The van der Waals surface area contributed by atoms with Crippen LogP contribution in [0.15, 0.2) is 57.7 Å². The van der Waals surface area contributed by atoms with E-state index in [2.05, 4.69) is 11.0 Å². The van der Waals surface area contributed by atoms with Crippen molar-refractivity contribution in [3.05, 3.63) is 64.6 Å². The lowest BCUT2D eigenvalue weighted by Crippen LogP contribution is -2.38. The van der Waals surface area contributed by atoms with E-state index in [-0.39, 0.29) is 11.8 Å². The van der Waals surface area contributed by atoms with Gasteiger partial charge in [0.2, 0.25) is 0 Å². The Morgan fingerprint density at radius 3 is 2.84 bits per heavy atom. The van der Waals surface area contributed by atoms with Gasteiger partial charge in [0.1, 0.15) is 5.75 Å². The number of para-hydroxylation sites is 3. The van der Waals surface area contributed by atoms with Crippen molar-refractivity contribution >= 4 is 11.1 Å². The summed E-state index contributed by atoms with van der Waals surface area (Å²) in [4.78, 5) is 14.8. The molecule has 1 aliphatic rings. The number of fused-ring (bicyclic) bond motifs is 1. The predicted octanol–water partition coefficient (Wildman–Crippen LogP) is 3.44. The lowest BCUT2D eigenvalue weighted by Gasteiger charge is -2.33. The second-order valence-corrected chi connectivity index (χ2v) is 6.55. The van der Waals surface area contributed by atoms with E-state index < -0.39 is 0 Å². The zero-order chi connectivity index (χ0) is 17.2. The Hall–Kier alpha value is -2.53. The molecule has 0 bridgehead atoms. The molecule has 4 rings (SSSR count). The van der Waals surface area contributed by atoms with Crippen molar-refractivity contribution in [2.45, 2.75) is 25.4 Å². The van der Waals surface area contributed by atoms with Crippen LogP contribution in [-0.2, 0) is 6.54 Å². The van der Waals surface area contributed by atoms with E-state index in [4.69, 9.17) is 9.15 Å². The number of piperidine rings is 1. The first-order chi connectivity index (χ1) is 12.3. The molecule has 2 heterocycles. The molecule has 0 saturated carbocycles. The van der Waals surface area contributed by atoms with Crippen molar-refractivity contribution in [2.75, 3.05) is 20.2 Å². The summed E-state index contributed by atoms with van der Waals surface area (Å²) < 4.78 is 12.7. The molecular weight excluding hydrogens is 316 g/mol. The van der Waals surface area contributed by atoms with Crippen LogP contribution < -0.4 is 10.5 Å². The van der Waals surface area contributed by atoms with Crippen LogP contribution in [0.1, 0.15) is 24.4 Å². The van der Waals surface area contributed by atoms with Crippen LogP contribution in [0.5, 0.6) is 5.75 Å². The molecule has 130 valence electrons. The molecule has 5 nitrogen and oxygen atoms in total. The average molecular weight is 338 g/mol. The Bertz CT molecular complexity index is 928. The second kappa shape index (κ2) is 6.76. The molecule has 0 radical (unpaired) electrons. The molecule has 1 saturated heterocycles. The van der Waals surface area contributed by atoms with Crippen molar-refractivity contribution in [1.29, 1.82) is 0 Å². The van der Waals surface area contributed by atoms with Crippen LogP contribution in [0.25, 0.3) is 11.1 Å². The summed E-state index contributed by atoms with van der Waals surface area (Å²) in [6.45, 7) is 2.69. The molecule has 0 spiro atoms. The van der Waals surface area contributed by atoms with Crippen molar-refractivity contribution < 1.29 is 9.15 Å². The lowest BCUT2D eigenvalue weighted by molar-refractivity contribution is 0.166. The number of aromatic nitrogens is 1. The van der Waals surface area contributed by atoms with Crippen molar-refractivity contribution in [1.82, 2.24) is 9.47 Å². The highest BCUT2D eigenvalue weighted by molar-refractivity contribution is 5.72. The average Bonchev–Trinajstić information content (AvgIpc) is 2.98. The molecule has 1 fully saturated rings. The van der Waals surface area contributed by atoms with E-state index >= 15 is 0 Å². The Morgan fingerprint density at radius 1 is 1.16 bits per heavy atom. The number of rotatable bonds is 4. The quantitative estimate of drug-likeness (QED) is 0.731. The summed E-state index contributed by atoms with van der Waals surface area (Å²) in [6.07, 6.45) is 2.05. The first-order valence-corrected chi connectivity index (χ1v) is 8.70. The van der Waals surface area contributed by atoms with Gasteiger partial charge in [0, 0.05) is 18.7 Å². The lowest BCUT2D eigenvalue weighted by atomic mass is 10.0. The van der Waals surface area contributed by atoms with Gasteiger partial charge in [-0.25, -0.2) is 4.79 Å². The number of ether oxygens (including phenoxy) is 1. The number of methoxy groups -OCH3 is 1. The Kier molecular flexibility index (Phi) is 4.32. The van der Waals surface area contributed by atoms with Gasteiger partial charge in [-0.15, -0.1) is 0 Å². The minimum Gasteiger partial charge on any atom is -0.496 e. The minimum absolute atomic E-state index is 0.139. The van der Waals surface area contributed by atoms with Gasteiger partial charge in [-0.1, -0.05) is 30.3 Å². The molecular formula is C20H22N2O3. The van der Waals surface area contributed by atoms with Gasteiger partial charge in [0.15, 0.2) is 5.58 Å². The molecule has 1 atom stereocenters. The van der Waals surface area contributed by atoms with Gasteiger partial charge in [-0.3, -0.25) is 9.47 Å². The normalized spacial score (nSPS) is 18.5. The topological polar surface area (TPSA) is 47.6 Å². The van der Waals surface area contributed by atoms with Crippen LogP contribution in [0, 0.1) is 0 Å². The van der Waals surface area contributed by atoms with Crippen molar-refractivity contribution in [3.8, 4) is 5.75 Å². The molecule has 0 aliphatic carbocycles. The summed E-state index contributed by atoms with van der Waals surface area (Å²) >= 11 is 0. The fourth-order valence-corrected chi connectivity index (χ4v) is 3.79. The summed E-state index contributed by atoms with van der Waals surface area (Å²) in [5, 5.41) is 0. The Morgan fingerprint density at radius 2 is 1.96 bits per heavy atom. The van der Waals surface area contributed by atoms with Gasteiger partial charge in [-0.2, -0.15) is 0 Å². The Balaban J connectivity index is 1.59. The highest BCUT2D eigenvalue weighted by Gasteiger charge is 2.25. The van der Waals surface area contributed by atoms with Crippen LogP contribution in [0.4, 0.5) is 0 Å². The summed E-state index contributed by atoms with van der Waals surface area (Å²) in [6, 6.07) is 15.9. The highest BCUT2D eigenvalue weighted by atomic mass is 16.5. The molecule has 2 aromatic carbocycles. The summed E-state index contributed by atoms with van der Waals surface area (Å²) in [5.41, 5.74) is 2.72. The van der Waals surface area contributed by atoms with E-state index in [0.29, 0.717) is 5.58 Å². The molecule has 25 heavy (non-hydrogen) atoms. The number of hydrogen-bond acceptors (Lipinski definition) is 4. The standard InChI is InChI=1S/C20H22N2O3/c1-24-18-10-4-2-7-15(18)13-21-12-6-8-16(14-21)22-17-9-3-5-11-19(17)25-20(22)23/h2-5,7,9-11,16H,6,8,12-14H2,1H3. The number of benzene rings is 2. The maximum Gasteiger partial charge on any atom is 0.420 e. The van der Waals surface area contributed by atoms with Crippen LogP contribution >= 0.6 is 0 Å². The maximum atomic E-state index is 12.4. The van der Waals surface area contributed by atoms with Crippen LogP contribution in [-0.4, -0.2) is 29.7 Å². The first kappa shape index (κ1) is 16.0. The number of nitrogens with zero attached hydrogens (tertiary/aromatic N) is 2. The molecule has 1 aromatic heterocycles. The second-order valence-electron chi connectivity index (χ2n) is 6.55. The molecule has 5 heteroatoms. The van der Waals surface area contributed by atoms with Gasteiger partial charge < -0.3 is 9.15 Å². The summed E-state index contributed by atoms with van der Waals surface area (Å²) in [7, 11) is 1.70. The summed E-state index contributed by atoms with van der Waals surface area (Å²) in [5.74, 6) is 0.654. The molecule has 1 aliphatic heterocycles. The van der Waals surface area contributed by atoms with E-state index in [9.17, 15) is 4.79 Å².